The maximum absolute atomic E-state index is 5.85. The fourth-order valence-corrected chi connectivity index (χ4v) is 0.760. The van der Waals surface area contributed by atoms with Gasteiger partial charge in [-0.25, -0.2) is 0 Å². The number of rotatable bonds is 3. The molecule has 0 aliphatic carbocycles. The number of hydrogen-bond acceptors (Lipinski definition) is 2. The summed E-state index contributed by atoms with van der Waals surface area (Å²) < 4.78 is 0. The van der Waals surface area contributed by atoms with Crippen LogP contribution in [-0.2, 0) is 0 Å². The van der Waals surface area contributed by atoms with E-state index in [1.807, 2.05) is 14.0 Å². The molecule has 3 N–H and O–H groups in total. The van der Waals surface area contributed by atoms with Gasteiger partial charge in [0, 0.05) is 0 Å². The van der Waals surface area contributed by atoms with Gasteiger partial charge in [0.2, 0.25) is 0 Å². The Balaban J connectivity index is 4.19. The minimum absolute atomic E-state index is 0.422. The molecule has 2 nitrogen and oxygen atoms in total. The van der Waals surface area contributed by atoms with E-state index in [9.17, 15) is 0 Å². The Kier molecular flexibility index (Phi) is 3.06. The van der Waals surface area contributed by atoms with Crippen LogP contribution in [0.4, 0.5) is 0 Å². The molecular formula is C8H18N2. The lowest BCUT2D eigenvalue weighted by Crippen LogP contribution is -2.51. The number of nitrogens with two attached hydrogens (primary N) is 1. The van der Waals surface area contributed by atoms with E-state index in [1.165, 1.54) is 0 Å². The molecule has 0 radical (unpaired) electrons. The first kappa shape index (κ1) is 9.66. The Bertz CT molecular complexity index is 125. The highest BCUT2D eigenvalue weighted by Gasteiger charge is 2.21. The third-order valence-corrected chi connectivity index (χ3v) is 1.88. The molecule has 0 aliphatic heterocycles. The maximum Gasteiger partial charge on any atom is 0.0852 e. The third-order valence-electron chi connectivity index (χ3n) is 1.88. The van der Waals surface area contributed by atoms with Crippen molar-refractivity contribution in [2.24, 2.45) is 11.7 Å². The van der Waals surface area contributed by atoms with Crippen LogP contribution in [0.3, 0.4) is 0 Å². The summed E-state index contributed by atoms with van der Waals surface area (Å²) in [5.41, 5.74) is 6.46. The minimum Gasteiger partial charge on any atom is -0.310 e. The van der Waals surface area contributed by atoms with Gasteiger partial charge in [-0.15, -0.1) is 0 Å². The van der Waals surface area contributed by atoms with Gasteiger partial charge in [0.1, 0.15) is 0 Å². The Morgan fingerprint density at radius 3 is 2.10 bits per heavy atom. The maximum atomic E-state index is 5.85. The summed E-state index contributed by atoms with van der Waals surface area (Å²) in [5, 5.41) is 3.00. The standard InChI is InChI=1S/C8H18N2/c1-6(2)7(3)8(4,9)10-5/h6,10H,3,9H2,1-2,4-5H3. The molecule has 2 heteroatoms. The van der Waals surface area contributed by atoms with E-state index in [-0.39, 0.29) is 0 Å². The van der Waals surface area contributed by atoms with Crippen LogP contribution >= 0.6 is 0 Å². The van der Waals surface area contributed by atoms with Gasteiger partial charge in [-0.3, -0.25) is 5.32 Å². The van der Waals surface area contributed by atoms with E-state index in [0.717, 1.165) is 5.57 Å². The van der Waals surface area contributed by atoms with Crippen LogP contribution in [-0.4, -0.2) is 12.7 Å². The predicted molar refractivity (Wildman–Crippen MR) is 45.6 cm³/mol. The summed E-state index contributed by atoms with van der Waals surface area (Å²) in [7, 11) is 1.84. The van der Waals surface area contributed by atoms with Crippen LogP contribution in [0.15, 0.2) is 12.2 Å². The number of hydrogen-bond donors (Lipinski definition) is 2. The van der Waals surface area contributed by atoms with Crippen molar-refractivity contribution in [1.29, 1.82) is 0 Å². The van der Waals surface area contributed by atoms with Crippen molar-refractivity contribution in [3.05, 3.63) is 12.2 Å². The number of nitrogens with one attached hydrogen (secondary N) is 1. The van der Waals surface area contributed by atoms with Gasteiger partial charge in [-0.1, -0.05) is 20.4 Å². The number of likely N-dealkylation sites (N-methyl/N-ethyl adjacent to an activating group) is 1. The average Bonchev–Trinajstić information content (AvgIpc) is 1.86. The highest BCUT2D eigenvalue weighted by molar-refractivity contribution is 5.13. The minimum atomic E-state index is -0.422. The zero-order valence-corrected chi connectivity index (χ0v) is 7.36. The first-order valence-corrected chi connectivity index (χ1v) is 3.59. The first-order valence-electron chi connectivity index (χ1n) is 3.59. The lowest BCUT2D eigenvalue weighted by atomic mass is 9.94. The van der Waals surface area contributed by atoms with Crippen molar-refractivity contribution in [2.45, 2.75) is 26.4 Å². The molecule has 0 rings (SSSR count). The van der Waals surface area contributed by atoms with Crippen LogP contribution < -0.4 is 11.1 Å². The summed E-state index contributed by atoms with van der Waals surface area (Å²) >= 11 is 0. The zero-order chi connectivity index (χ0) is 8.36. The molecular weight excluding hydrogens is 124 g/mol. The topological polar surface area (TPSA) is 38.0 Å². The average molecular weight is 142 g/mol. The zero-order valence-electron chi connectivity index (χ0n) is 7.36. The molecule has 0 aromatic rings. The van der Waals surface area contributed by atoms with Gasteiger partial charge in [-0.2, -0.15) is 0 Å². The molecule has 0 aromatic heterocycles. The van der Waals surface area contributed by atoms with Gasteiger partial charge >= 0.3 is 0 Å². The second-order valence-corrected chi connectivity index (χ2v) is 3.13. The van der Waals surface area contributed by atoms with E-state index in [4.69, 9.17) is 5.73 Å². The molecule has 1 atom stereocenters. The third kappa shape index (κ3) is 2.12. The summed E-state index contributed by atoms with van der Waals surface area (Å²) in [6.07, 6.45) is 0. The lowest BCUT2D eigenvalue weighted by Gasteiger charge is -2.29. The molecule has 0 aromatic carbocycles. The van der Waals surface area contributed by atoms with Crippen LogP contribution in [0, 0.1) is 5.92 Å². The SMILES string of the molecule is C=C(C(C)C)C(C)(N)NC. The Morgan fingerprint density at radius 2 is 2.00 bits per heavy atom. The van der Waals surface area contributed by atoms with Gasteiger partial charge in [-0.05, 0) is 25.5 Å². The summed E-state index contributed by atoms with van der Waals surface area (Å²) in [4.78, 5) is 0. The van der Waals surface area contributed by atoms with Crippen LogP contribution in [0.1, 0.15) is 20.8 Å². The van der Waals surface area contributed by atoms with E-state index < -0.39 is 5.66 Å². The monoisotopic (exact) mass is 142 g/mol. The van der Waals surface area contributed by atoms with Crippen molar-refractivity contribution in [3.8, 4) is 0 Å². The molecule has 0 saturated heterocycles. The quantitative estimate of drug-likeness (QED) is 0.457. The van der Waals surface area contributed by atoms with Gasteiger partial charge in [0.25, 0.3) is 0 Å². The molecule has 0 fully saturated rings. The molecule has 0 bridgehead atoms. The smallest absolute Gasteiger partial charge is 0.0852 e. The summed E-state index contributed by atoms with van der Waals surface area (Å²) in [6.45, 7) is 10.0. The Hall–Kier alpha value is -0.340. The first-order chi connectivity index (χ1) is 4.41. The van der Waals surface area contributed by atoms with Gasteiger partial charge < -0.3 is 5.73 Å². The largest absolute Gasteiger partial charge is 0.310 e. The van der Waals surface area contributed by atoms with Gasteiger partial charge in [0.15, 0.2) is 0 Å². The lowest BCUT2D eigenvalue weighted by molar-refractivity contribution is 0.431. The Morgan fingerprint density at radius 1 is 1.60 bits per heavy atom. The van der Waals surface area contributed by atoms with Gasteiger partial charge in [0.05, 0.1) is 5.66 Å². The molecule has 0 spiro atoms. The van der Waals surface area contributed by atoms with Crippen LogP contribution in [0.25, 0.3) is 0 Å². The second kappa shape index (κ2) is 3.17. The molecule has 0 amide bonds. The van der Waals surface area contributed by atoms with E-state index >= 15 is 0 Å². The normalized spacial score (nSPS) is 17.0. The fraction of sp³-hybridized carbons (Fsp3) is 0.750. The van der Waals surface area contributed by atoms with E-state index in [0.29, 0.717) is 5.92 Å². The fourth-order valence-electron chi connectivity index (χ4n) is 0.760. The van der Waals surface area contributed by atoms with Crippen molar-refractivity contribution in [1.82, 2.24) is 5.32 Å². The molecule has 0 saturated carbocycles. The van der Waals surface area contributed by atoms with E-state index in [1.54, 1.807) is 0 Å². The molecule has 0 heterocycles. The summed E-state index contributed by atoms with van der Waals surface area (Å²) in [5.74, 6) is 0.433. The Labute approximate surface area is 63.5 Å². The highest BCUT2D eigenvalue weighted by atomic mass is 15.1. The molecule has 0 aliphatic rings. The second-order valence-electron chi connectivity index (χ2n) is 3.13. The molecule has 1 unspecified atom stereocenters. The molecule has 60 valence electrons. The van der Waals surface area contributed by atoms with Crippen molar-refractivity contribution < 1.29 is 0 Å². The van der Waals surface area contributed by atoms with Crippen molar-refractivity contribution >= 4 is 0 Å². The highest BCUT2D eigenvalue weighted by Crippen LogP contribution is 2.16. The van der Waals surface area contributed by atoms with E-state index in [2.05, 4.69) is 25.7 Å². The van der Waals surface area contributed by atoms with Crippen molar-refractivity contribution in [3.63, 3.8) is 0 Å². The van der Waals surface area contributed by atoms with Crippen molar-refractivity contribution in [2.75, 3.05) is 7.05 Å². The summed E-state index contributed by atoms with van der Waals surface area (Å²) in [6, 6.07) is 0. The molecule has 10 heavy (non-hydrogen) atoms. The van der Waals surface area contributed by atoms with Crippen LogP contribution in [0.5, 0.6) is 0 Å². The van der Waals surface area contributed by atoms with Crippen LogP contribution in [0.2, 0.25) is 0 Å². The predicted octanol–water partition coefficient (Wildman–Crippen LogP) is 1.09.